The zero-order valence-electron chi connectivity index (χ0n) is 17.4. The van der Waals surface area contributed by atoms with E-state index in [0.717, 1.165) is 19.3 Å². The van der Waals surface area contributed by atoms with Crippen molar-refractivity contribution >= 4 is 9.84 Å². The standard InChI is InChI=1S/C23H32O3S/c1-7-22(4,5)26-19-12-16-21(17-13-19)27(24,25)20-14-10-18(11-15-20)23(6,8-2)9-3/h10-17H,7-9H2,1-6H3. The average Bonchev–Trinajstić information content (AvgIpc) is 2.67. The van der Waals surface area contributed by atoms with Gasteiger partial charge in [0, 0.05) is 0 Å². The van der Waals surface area contributed by atoms with Crippen LogP contribution >= 0.6 is 0 Å². The highest BCUT2D eigenvalue weighted by Crippen LogP contribution is 2.32. The summed E-state index contributed by atoms with van der Waals surface area (Å²) in [5, 5.41) is 0. The predicted octanol–water partition coefficient (Wildman–Crippen LogP) is 6.16. The molecule has 0 radical (unpaired) electrons. The van der Waals surface area contributed by atoms with Crippen molar-refractivity contribution in [2.75, 3.05) is 0 Å². The van der Waals surface area contributed by atoms with Gasteiger partial charge in [-0.15, -0.1) is 0 Å². The van der Waals surface area contributed by atoms with Crippen molar-refractivity contribution in [1.29, 1.82) is 0 Å². The summed E-state index contributed by atoms with van der Waals surface area (Å²) in [6, 6.07) is 14.0. The topological polar surface area (TPSA) is 43.4 Å². The minimum absolute atomic E-state index is 0.0767. The highest BCUT2D eigenvalue weighted by atomic mass is 32.2. The monoisotopic (exact) mass is 388 g/mol. The van der Waals surface area contributed by atoms with Crippen molar-refractivity contribution in [2.45, 2.75) is 81.6 Å². The van der Waals surface area contributed by atoms with Crippen LogP contribution in [0, 0.1) is 0 Å². The van der Waals surface area contributed by atoms with Crippen molar-refractivity contribution in [1.82, 2.24) is 0 Å². The van der Waals surface area contributed by atoms with Gasteiger partial charge in [-0.2, -0.15) is 0 Å². The fourth-order valence-corrected chi connectivity index (χ4v) is 4.17. The quantitative estimate of drug-likeness (QED) is 0.543. The fourth-order valence-electron chi connectivity index (χ4n) is 2.91. The van der Waals surface area contributed by atoms with Gasteiger partial charge in [-0.3, -0.25) is 0 Å². The van der Waals surface area contributed by atoms with Crippen molar-refractivity contribution in [3.05, 3.63) is 54.1 Å². The molecule has 0 N–H and O–H groups in total. The van der Waals surface area contributed by atoms with Crippen LogP contribution in [0.2, 0.25) is 0 Å². The normalized spacial score (nSPS) is 12.8. The van der Waals surface area contributed by atoms with E-state index in [1.54, 1.807) is 36.4 Å². The first kappa shape index (κ1) is 21.5. The molecule has 0 aliphatic carbocycles. The van der Waals surface area contributed by atoms with Crippen molar-refractivity contribution in [2.24, 2.45) is 0 Å². The minimum atomic E-state index is -3.54. The Morgan fingerprint density at radius 2 is 1.19 bits per heavy atom. The third-order valence-corrected chi connectivity index (χ3v) is 7.59. The lowest BCUT2D eigenvalue weighted by Gasteiger charge is -2.27. The van der Waals surface area contributed by atoms with E-state index in [0.29, 0.717) is 10.6 Å². The van der Waals surface area contributed by atoms with Crippen LogP contribution in [0.3, 0.4) is 0 Å². The Morgan fingerprint density at radius 1 is 0.741 bits per heavy atom. The molecular formula is C23H32O3S. The molecule has 0 heterocycles. The largest absolute Gasteiger partial charge is 0.488 e. The van der Waals surface area contributed by atoms with E-state index in [1.807, 2.05) is 26.0 Å². The maximum absolute atomic E-state index is 12.9. The van der Waals surface area contributed by atoms with Gasteiger partial charge < -0.3 is 4.74 Å². The molecule has 148 valence electrons. The summed E-state index contributed by atoms with van der Waals surface area (Å²) < 4.78 is 31.8. The van der Waals surface area contributed by atoms with E-state index >= 15 is 0 Å². The summed E-state index contributed by atoms with van der Waals surface area (Å²) in [5.74, 6) is 0.679. The van der Waals surface area contributed by atoms with Crippen LogP contribution in [-0.4, -0.2) is 14.0 Å². The van der Waals surface area contributed by atoms with Gasteiger partial charge in [0.1, 0.15) is 11.4 Å². The Labute approximate surface area is 164 Å². The lowest BCUT2D eigenvalue weighted by molar-refractivity contribution is 0.105. The Morgan fingerprint density at radius 3 is 1.59 bits per heavy atom. The lowest BCUT2D eigenvalue weighted by Crippen LogP contribution is -2.26. The molecule has 3 nitrogen and oxygen atoms in total. The Bertz CT molecular complexity index is 844. The lowest BCUT2D eigenvalue weighted by atomic mass is 9.78. The molecule has 0 aromatic heterocycles. The molecule has 0 unspecified atom stereocenters. The molecular weight excluding hydrogens is 356 g/mol. The second-order valence-electron chi connectivity index (χ2n) is 7.98. The third-order valence-electron chi connectivity index (χ3n) is 5.80. The summed E-state index contributed by atoms with van der Waals surface area (Å²) in [5.41, 5.74) is 0.978. The molecule has 4 heteroatoms. The van der Waals surface area contributed by atoms with E-state index < -0.39 is 9.84 Å². The molecule has 0 spiro atoms. The van der Waals surface area contributed by atoms with E-state index in [1.165, 1.54) is 5.56 Å². The summed E-state index contributed by atoms with van der Waals surface area (Å²) in [6.45, 7) is 12.6. The van der Waals surface area contributed by atoms with E-state index in [2.05, 4.69) is 27.7 Å². The van der Waals surface area contributed by atoms with Gasteiger partial charge in [0.15, 0.2) is 0 Å². The van der Waals surface area contributed by atoms with Crippen LogP contribution in [0.25, 0.3) is 0 Å². The molecule has 2 rings (SSSR count). The molecule has 0 fully saturated rings. The summed E-state index contributed by atoms with van der Waals surface area (Å²) in [6.07, 6.45) is 2.91. The maximum Gasteiger partial charge on any atom is 0.206 e. The number of sulfone groups is 1. The number of benzene rings is 2. The van der Waals surface area contributed by atoms with Gasteiger partial charge in [-0.1, -0.05) is 39.8 Å². The Balaban J connectivity index is 2.28. The Hall–Kier alpha value is -1.81. The molecule has 0 saturated heterocycles. The molecule has 2 aromatic rings. The van der Waals surface area contributed by atoms with Gasteiger partial charge >= 0.3 is 0 Å². The van der Waals surface area contributed by atoms with Gasteiger partial charge in [0.2, 0.25) is 9.84 Å². The SMILES string of the molecule is CCC(C)(C)Oc1ccc(S(=O)(=O)c2ccc(C(C)(CC)CC)cc2)cc1. The Kier molecular flexibility index (Phi) is 6.41. The van der Waals surface area contributed by atoms with Crippen molar-refractivity contribution in [3.8, 4) is 5.75 Å². The zero-order chi connectivity index (χ0) is 20.3. The molecule has 27 heavy (non-hydrogen) atoms. The van der Waals surface area contributed by atoms with Crippen LogP contribution in [0.1, 0.15) is 66.4 Å². The van der Waals surface area contributed by atoms with Gasteiger partial charge in [-0.25, -0.2) is 8.42 Å². The molecule has 0 atom stereocenters. The van der Waals surface area contributed by atoms with Gasteiger partial charge in [-0.05, 0) is 80.5 Å². The smallest absolute Gasteiger partial charge is 0.206 e. The van der Waals surface area contributed by atoms with Gasteiger partial charge in [0.05, 0.1) is 9.79 Å². The fraction of sp³-hybridized carbons (Fsp3) is 0.478. The van der Waals surface area contributed by atoms with E-state index in [-0.39, 0.29) is 15.9 Å². The summed E-state index contributed by atoms with van der Waals surface area (Å²) in [4.78, 5) is 0.606. The van der Waals surface area contributed by atoms with Crippen molar-refractivity contribution < 1.29 is 13.2 Å². The summed E-state index contributed by atoms with van der Waals surface area (Å²) in [7, 11) is -3.54. The second kappa shape index (κ2) is 8.05. The van der Waals surface area contributed by atoms with Crippen LogP contribution < -0.4 is 4.74 Å². The molecule has 0 bridgehead atoms. The number of ether oxygens (including phenoxy) is 1. The first-order valence-corrected chi connectivity index (χ1v) is 11.2. The van der Waals surface area contributed by atoms with Crippen LogP contribution in [0.4, 0.5) is 0 Å². The second-order valence-corrected chi connectivity index (χ2v) is 9.93. The van der Waals surface area contributed by atoms with Gasteiger partial charge in [0.25, 0.3) is 0 Å². The van der Waals surface area contributed by atoms with Crippen molar-refractivity contribution in [3.63, 3.8) is 0 Å². The average molecular weight is 389 g/mol. The summed E-state index contributed by atoms with van der Waals surface area (Å²) >= 11 is 0. The molecule has 0 aliphatic heterocycles. The maximum atomic E-state index is 12.9. The first-order valence-electron chi connectivity index (χ1n) is 9.72. The molecule has 0 saturated carbocycles. The number of hydrogen-bond acceptors (Lipinski definition) is 3. The molecule has 0 amide bonds. The first-order chi connectivity index (χ1) is 12.6. The zero-order valence-corrected chi connectivity index (χ0v) is 18.2. The number of hydrogen-bond donors (Lipinski definition) is 0. The van der Waals surface area contributed by atoms with E-state index in [4.69, 9.17) is 4.74 Å². The highest BCUT2D eigenvalue weighted by Gasteiger charge is 2.24. The molecule has 0 aliphatic rings. The predicted molar refractivity (Wildman–Crippen MR) is 111 cm³/mol. The number of rotatable bonds is 8. The van der Waals surface area contributed by atoms with E-state index in [9.17, 15) is 8.42 Å². The highest BCUT2D eigenvalue weighted by molar-refractivity contribution is 7.91. The van der Waals surface area contributed by atoms with Crippen LogP contribution in [-0.2, 0) is 15.3 Å². The molecule has 2 aromatic carbocycles. The van der Waals surface area contributed by atoms with Crippen LogP contribution in [0.5, 0.6) is 5.75 Å². The minimum Gasteiger partial charge on any atom is -0.488 e. The van der Waals surface area contributed by atoms with Crippen LogP contribution in [0.15, 0.2) is 58.3 Å². The third kappa shape index (κ3) is 4.73.